The maximum absolute atomic E-state index is 4.23. The summed E-state index contributed by atoms with van der Waals surface area (Å²) >= 11 is 5.78. The van der Waals surface area contributed by atoms with Gasteiger partial charge in [0.15, 0.2) is 0 Å². The van der Waals surface area contributed by atoms with E-state index in [0.717, 1.165) is 5.69 Å². The second kappa shape index (κ2) is 3.37. The number of hydrogen-bond donors (Lipinski definition) is 1. The molecule has 0 spiro atoms. The van der Waals surface area contributed by atoms with Crippen molar-refractivity contribution in [2.45, 2.75) is 25.5 Å². The van der Waals surface area contributed by atoms with Gasteiger partial charge >= 0.3 is 0 Å². The van der Waals surface area contributed by atoms with Gasteiger partial charge in [0.05, 0.1) is 10.4 Å². The van der Waals surface area contributed by atoms with E-state index in [1.807, 2.05) is 6.92 Å². The van der Waals surface area contributed by atoms with Gasteiger partial charge < -0.3 is 0 Å². The second-order valence-corrected chi connectivity index (χ2v) is 5.49. The molecule has 0 fully saturated rings. The number of nitrogens with zero attached hydrogens (tertiary/aromatic N) is 1. The minimum Gasteiger partial charge on any atom is -0.198 e. The lowest BCUT2D eigenvalue weighted by Crippen LogP contribution is -2.06. The van der Waals surface area contributed by atoms with Crippen molar-refractivity contribution in [3.05, 3.63) is 16.6 Å². The summed E-state index contributed by atoms with van der Waals surface area (Å²) in [7, 11) is 1.56. The largest absolute Gasteiger partial charge is 0.198 e. The Hall–Kier alpha value is 0.330. The maximum Gasteiger partial charge on any atom is 0.0562 e. The fraction of sp³-hybridized carbons (Fsp3) is 0.571. The Balaban J connectivity index is 2.92. The van der Waals surface area contributed by atoms with Crippen LogP contribution >= 0.6 is 34.0 Å². The molecule has 1 aromatic heterocycles. The number of hydrogen-bond acceptors (Lipinski definition) is 4. The highest BCUT2D eigenvalue weighted by molar-refractivity contribution is 8.69. The van der Waals surface area contributed by atoms with E-state index in [4.69, 9.17) is 0 Å². The minimum atomic E-state index is 0.0923. The van der Waals surface area contributed by atoms with Gasteiger partial charge in [0.25, 0.3) is 0 Å². The molecule has 11 heavy (non-hydrogen) atoms. The molecule has 0 saturated carbocycles. The summed E-state index contributed by atoms with van der Waals surface area (Å²) in [5.41, 5.74) is 1.10. The minimum absolute atomic E-state index is 0.0923. The standard InChI is InChI=1S/C7H11NS3/c1-5-4-6(10-8-5)7(2,3)11-9/h4,9H,1-3H3. The van der Waals surface area contributed by atoms with E-state index in [1.54, 1.807) is 22.3 Å². The van der Waals surface area contributed by atoms with Gasteiger partial charge in [-0.25, -0.2) is 0 Å². The normalized spacial score (nSPS) is 12.0. The lowest BCUT2D eigenvalue weighted by Gasteiger charge is -2.17. The van der Waals surface area contributed by atoms with E-state index in [0.29, 0.717) is 0 Å². The van der Waals surface area contributed by atoms with Gasteiger partial charge in [-0.2, -0.15) is 4.37 Å². The molecule has 0 aliphatic carbocycles. The highest BCUT2D eigenvalue weighted by Gasteiger charge is 2.21. The van der Waals surface area contributed by atoms with Gasteiger partial charge in [0.1, 0.15) is 0 Å². The SMILES string of the molecule is Cc1cc(C(C)(C)SS)sn1. The zero-order chi connectivity index (χ0) is 8.48. The zero-order valence-corrected chi connectivity index (χ0v) is 9.32. The van der Waals surface area contributed by atoms with Gasteiger partial charge in [-0.15, -0.1) is 11.7 Å². The first kappa shape index (κ1) is 9.42. The summed E-state index contributed by atoms with van der Waals surface area (Å²) in [6.07, 6.45) is 0. The maximum atomic E-state index is 4.23. The molecule has 0 unspecified atom stereocenters. The van der Waals surface area contributed by atoms with Crippen molar-refractivity contribution in [1.29, 1.82) is 0 Å². The highest BCUT2D eigenvalue weighted by Crippen LogP contribution is 2.39. The Morgan fingerprint density at radius 1 is 1.64 bits per heavy atom. The molecule has 1 aromatic rings. The number of thiol groups is 1. The summed E-state index contributed by atoms with van der Waals surface area (Å²) < 4.78 is 4.32. The van der Waals surface area contributed by atoms with Crippen molar-refractivity contribution in [2.24, 2.45) is 0 Å². The van der Waals surface area contributed by atoms with Crippen LogP contribution in [0.5, 0.6) is 0 Å². The quantitative estimate of drug-likeness (QED) is 0.588. The van der Waals surface area contributed by atoms with E-state index in [-0.39, 0.29) is 4.75 Å². The Kier molecular flexibility index (Phi) is 2.89. The third-order valence-electron chi connectivity index (χ3n) is 1.45. The van der Waals surface area contributed by atoms with E-state index in [1.165, 1.54) is 4.88 Å². The van der Waals surface area contributed by atoms with E-state index >= 15 is 0 Å². The Morgan fingerprint density at radius 2 is 2.27 bits per heavy atom. The summed E-state index contributed by atoms with van der Waals surface area (Å²) in [4.78, 5) is 1.29. The van der Waals surface area contributed by atoms with Crippen molar-refractivity contribution in [3.8, 4) is 0 Å². The molecule has 1 heterocycles. The first-order valence-corrected chi connectivity index (χ1v) is 5.97. The average molecular weight is 205 g/mol. The van der Waals surface area contributed by atoms with Crippen LogP contribution in [0.15, 0.2) is 6.07 Å². The van der Waals surface area contributed by atoms with Crippen LogP contribution in [0.4, 0.5) is 0 Å². The molecule has 4 heteroatoms. The molecule has 0 atom stereocenters. The van der Waals surface area contributed by atoms with Crippen LogP contribution in [0.25, 0.3) is 0 Å². The third-order valence-corrected chi connectivity index (χ3v) is 4.83. The predicted octanol–water partition coefficient (Wildman–Crippen LogP) is 3.26. The number of aryl methyl sites for hydroxylation is 1. The zero-order valence-electron chi connectivity index (χ0n) is 6.79. The summed E-state index contributed by atoms with van der Waals surface area (Å²) in [5.74, 6) is 0. The Labute approximate surface area is 80.6 Å². The molecule has 1 nitrogen and oxygen atoms in total. The van der Waals surface area contributed by atoms with Crippen molar-refractivity contribution in [1.82, 2.24) is 4.37 Å². The summed E-state index contributed by atoms with van der Waals surface area (Å²) in [5, 5.41) is 0. The van der Waals surface area contributed by atoms with Crippen LogP contribution in [0.3, 0.4) is 0 Å². The van der Waals surface area contributed by atoms with Crippen molar-refractivity contribution in [2.75, 3.05) is 0 Å². The van der Waals surface area contributed by atoms with Gasteiger partial charge in [-0.3, -0.25) is 0 Å². The van der Waals surface area contributed by atoms with Crippen LogP contribution in [0, 0.1) is 6.92 Å². The molecule has 0 aliphatic rings. The molecule has 1 rings (SSSR count). The second-order valence-electron chi connectivity index (χ2n) is 2.93. The molecule has 0 amide bonds. The van der Waals surface area contributed by atoms with Gasteiger partial charge in [-0.1, -0.05) is 10.8 Å². The lowest BCUT2D eigenvalue weighted by molar-refractivity contribution is 0.809. The van der Waals surface area contributed by atoms with E-state index in [9.17, 15) is 0 Å². The van der Waals surface area contributed by atoms with Gasteiger partial charge in [0.2, 0.25) is 0 Å². The van der Waals surface area contributed by atoms with Crippen LogP contribution < -0.4 is 0 Å². The average Bonchev–Trinajstić information content (AvgIpc) is 2.36. The van der Waals surface area contributed by atoms with Gasteiger partial charge in [0, 0.05) is 4.88 Å². The molecule has 62 valence electrons. The fourth-order valence-electron chi connectivity index (χ4n) is 0.692. The first-order chi connectivity index (χ1) is 5.06. The van der Waals surface area contributed by atoms with E-state index < -0.39 is 0 Å². The molecule has 0 bridgehead atoms. The number of aromatic nitrogens is 1. The first-order valence-electron chi connectivity index (χ1n) is 3.32. The lowest BCUT2D eigenvalue weighted by atomic mass is 10.1. The predicted molar refractivity (Wildman–Crippen MR) is 56.5 cm³/mol. The molecule has 0 aliphatic heterocycles. The smallest absolute Gasteiger partial charge is 0.0562 e. The summed E-state index contributed by atoms with van der Waals surface area (Å²) in [6.45, 7) is 6.31. The molecule has 0 radical (unpaired) electrons. The monoisotopic (exact) mass is 205 g/mol. The van der Waals surface area contributed by atoms with Crippen molar-refractivity contribution < 1.29 is 0 Å². The highest BCUT2D eigenvalue weighted by atomic mass is 33.1. The topological polar surface area (TPSA) is 12.9 Å². The van der Waals surface area contributed by atoms with Gasteiger partial charge in [-0.05, 0) is 38.4 Å². The van der Waals surface area contributed by atoms with Crippen LogP contribution in [0.2, 0.25) is 0 Å². The molecule has 0 N–H and O–H groups in total. The van der Waals surface area contributed by atoms with Crippen LogP contribution in [0.1, 0.15) is 24.4 Å². The van der Waals surface area contributed by atoms with E-state index in [2.05, 4.69) is 35.9 Å². The Bertz CT molecular complexity index is 242. The summed E-state index contributed by atoms with van der Waals surface area (Å²) in [6, 6.07) is 2.12. The number of rotatable bonds is 2. The molecular weight excluding hydrogens is 194 g/mol. The Morgan fingerprint density at radius 3 is 2.64 bits per heavy atom. The third kappa shape index (κ3) is 2.13. The molecule has 0 saturated heterocycles. The molecule has 0 aromatic carbocycles. The van der Waals surface area contributed by atoms with Crippen LogP contribution in [-0.4, -0.2) is 4.37 Å². The van der Waals surface area contributed by atoms with Crippen molar-refractivity contribution in [3.63, 3.8) is 0 Å². The fourth-order valence-corrected chi connectivity index (χ4v) is 2.30. The molecular formula is C7H11NS3. The van der Waals surface area contributed by atoms with Crippen LogP contribution in [-0.2, 0) is 4.75 Å². The van der Waals surface area contributed by atoms with Crippen molar-refractivity contribution >= 4 is 34.0 Å².